The van der Waals surface area contributed by atoms with Crippen LogP contribution in [0.25, 0.3) is 6.08 Å². The van der Waals surface area contributed by atoms with E-state index in [-0.39, 0.29) is 0 Å². The number of carbonyl (C=O) groups is 1. The molecule has 16 heavy (non-hydrogen) atoms. The summed E-state index contributed by atoms with van der Waals surface area (Å²) >= 11 is 0. The molecule has 0 aromatic heterocycles. The predicted molar refractivity (Wildman–Crippen MR) is 62.2 cm³/mol. The maximum Gasteiger partial charge on any atom is 0.340 e. The van der Waals surface area contributed by atoms with Crippen molar-refractivity contribution in [2.45, 2.75) is 6.92 Å². The lowest BCUT2D eigenvalue weighted by atomic mass is 9.43. The highest BCUT2D eigenvalue weighted by Crippen LogP contribution is 2.19. The number of hydrogen-bond acceptors (Lipinski definition) is 3. The second kappa shape index (κ2) is 3.86. The lowest BCUT2D eigenvalue weighted by Gasteiger charge is -2.04. The van der Waals surface area contributed by atoms with Crippen molar-refractivity contribution in [1.82, 2.24) is 0 Å². The number of nitrogens with zero attached hydrogens (tertiary/aromatic N) is 1. The van der Waals surface area contributed by atoms with E-state index in [1.165, 1.54) is 7.11 Å². The summed E-state index contributed by atoms with van der Waals surface area (Å²) in [5.41, 5.74) is 3.32. The molecule has 0 saturated carbocycles. The first-order valence-corrected chi connectivity index (χ1v) is 4.97. The van der Waals surface area contributed by atoms with Crippen LogP contribution in [-0.2, 0) is 9.53 Å². The number of methoxy groups -OCH3 is 1. The van der Waals surface area contributed by atoms with Gasteiger partial charge in [-0.3, -0.25) is 0 Å². The van der Waals surface area contributed by atoms with Crippen molar-refractivity contribution in [3.8, 4) is 5.97 Å². The summed E-state index contributed by atoms with van der Waals surface area (Å²) in [6, 6.07) is 5.82. The summed E-state index contributed by atoms with van der Waals surface area (Å²) in [7, 11) is 1.33. The average molecular weight is 211 g/mol. The van der Waals surface area contributed by atoms with E-state index in [9.17, 15) is 4.79 Å². The zero-order chi connectivity index (χ0) is 11.7. The molecule has 3 nitrogen and oxygen atoms in total. The van der Waals surface area contributed by atoms with Gasteiger partial charge >= 0.3 is 12.7 Å². The second-order valence-corrected chi connectivity index (χ2v) is 3.79. The Labute approximate surface area is 94.4 Å². The number of aryl methyl sites for hydroxylation is 1. The molecule has 78 valence electrons. The van der Waals surface area contributed by atoms with Crippen LogP contribution in [0, 0.1) is 18.2 Å². The highest BCUT2D eigenvalue weighted by molar-refractivity contribution is 6.92. The van der Waals surface area contributed by atoms with Gasteiger partial charge in [-0.2, -0.15) is 0 Å². The molecule has 0 amide bonds. The third kappa shape index (κ3) is 1.51. The molecule has 0 unspecified atom stereocenters. The second-order valence-electron chi connectivity index (χ2n) is 3.79. The van der Waals surface area contributed by atoms with Gasteiger partial charge in [-0.15, -0.1) is 0 Å². The monoisotopic (exact) mass is 211 g/mol. The molecule has 1 heterocycles. The van der Waals surface area contributed by atoms with E-state index in [1.54, 1.807) is 6.08 Å². The van der Waals surface area contributed by atoms with Crippen LogP contribution in [0.3, 0.4) is 0 Å². The Hall–Kier alpha value is -2.02. The molecular formula is C12H10BNO2. The lowest BCUT2D eigenvalue weighted by molar-refractivity contribution is -0.135. The van der Waals surface area contributed by atoms with Gasteiger partial charge < -0.3 is 4.74 Å². The smallest absolute Gasteiger partial charge is 0.340 e. The van der Waals surface area contributed by atoms with Crippen LogP contribution in [0.2, 0.25) is 0 Å². The van der Waals surface area contributed by atoms with Gasteiger partial charge in [0, 0.05) is 11.4 Å². The minimum absolute atomic E-state index is 0.422. The van der Waals surface area contributed by atoms with E-state index in [2.05, 4.69) is 10.7 Å². The van der Waals surface area contributed by atoms with Crippen molar-refractivity contribution in [1.29, 1.82) is 5.26 Å². The van der Waals surface area contributed by atoms with E-state index < -0.39 is 12.7 Å². The Kier molecular flexibility index (Phi) is 2.53. The zero-order valence-electron chi connectivity index (χ0n) is 9.15. The quantitative estimate of drug-likeness (QED) is 0.511. The number of benzene rings is 1. The van der Waals surface area contributed by atoms with Gasteiger partial charge in [0.05, 0.1) is 7.11 Å². The number of esters is 1. The largest absolute Gasteiger partial charge is 0.466 e. The molecule has 1 aliphatic heterocycles. The molecular weight excluding hydrogens is 201 g/mol. The first-order chi connectivity index (χ1) is 7.67. The highest BCUT2D eigenvalue weighted by Gasteiger charge is 2.34. The van der Waals surface area contributed by atoms with Gasteiger partial charge in [0.15, 0.2) is 0 Å². The lowest BCUT2D eigenvalue weighted by Crippen LogP contribution is -2.32. The summed E-state index contributed by atoms with van der Waals surface area (Å²) in [6.07, 6.45) is 1.73. The van der Waals surface area contributed by atoms with E-state index in [0.29, 0.717) is 5.47 Å². The third-order valence-electron chi connectivity index (χ3n) is 2.73. The van der Waals surface area contributed by atoms with Crippen LogP contribution in [0.4, 0.5) is 0 Å². The molecule has 0 aliphatic carbocycles. The maximum atomic E-state index is 11.5. The molecule has 0 bridgehead atoms. The minimum Gasteiger partial charge on any atom is -0.466 e. The standard InChI is InChI=1S/C12H10BNO2/c1-8-3-4-9-6-11(12(15)16-2)13(7-14)10(9)5-8/h3-6H,1-2H3. The molecule has 1 aliphatic rings. The van der Waals surface area contributed by atoms with Gasteiger partial charge in [-0.1, -0.05) is 35.3 Å². The van der Waals surface area contributed by atoms with Crippen molar-refractivity contribution >= 4 is 24.2 Å². The first kappa shape index (κ1) is 10.5. The first-order valence-electron chi connectivity index (χ1n) is 4.97. The van der Waals surface area contributed by atoms with E-state index in [0.717, 1.165) is 16.6 Å². The Bertz CT molecular complexity index is 528. The van der Waals surface area contributed by atoms with Crippen LogP contribution in [0.1, 0.15) is 11.1 Å². The topological polar surface area (TPSA) is 50.1 Å². The fourth-order valence-corrected chi connectivity index (χ4v) is 1.93. The molecule has 1 aromatic carbocycles. The molecule has 0 radical (unpaired) electrons. The highest BCUT2D eigenvalue weighted by atomic mass is 16.5. The van der Waals surface area contributed by atoms with Gasteiger partial charge in [0.25, 0.3) is 0 Å². The Morgan fingerprint density at radius 2 is 2.25 bits per heavy atom. The predicted octanol–water partition coefficient (Wildman–Crippen LogP) is 0.869. The van der Waals surface area contributed by atoms with Crippen molar-refractivity contribution < 1.29 is 9.53 Å². The van der Waals surface area contributed by atoms with Gasteiger partial charge in [0.1, 0.15) is 0 Å². The van der Waals surface area contributed by atoms with Crippen LogP contribution in [-0.4, -0.2) is 19.8 Å². The van der Waals surface area contributed by atoms with Crippen LogP contribution in [0.5, 0.6) is 0 Å². The molecule has 0 fully saturated rings. The van der Waals surface area contributed by atoms with Gasteiger partial charge in [-0.05, 0) is 12.5 Å². The summed E-state index contributed by atoms with van der Waals surface area (Å²) in [4.78, 5) is 11.5. The van der Waals surface area contributed by atoms with Crippen molar-refractivity contribution in [2.24, 2.45) is 0 Å². The number of fused-ring (bicyclic) bond motifs is 1. The van der Waals surface area contributed by atoms with E-state index >= 15 is 0 Å². The fraction of sp³-hybridized carbons (Fsp3) is 0.167. The number of rotatable bonds is 1. The SMILES string of the molecule is COC(=O)C1=Cc2ccc(C)cc2B1C#N. The van der Waals surface area contributed by atoms with Crippen molar-refractivity contribution in [3.63, 3.8) is 0 Å². The molecule has 0 saturated heterocycles. The van der Waals surface area contributed by atoms with Crippen molar-refractivity contribution in [3.05, 3.63) is 34.8 Å². The number of hydrogen-bond donors (Lipinski definition) is 0. The van der Waals surface area contributed by atoms with Crippen LogP contribution in [0.15, 0.2) is 23.7 Å². The number of ether oxygens (including phenoxy) is 1. The zero-order valence-corrected chi connectivity index (χ0v) is 9.15. The van der Waals surface area contributed by atoms with Gasteiger partial charge in [0.2, 0.25) is 0 Å². The summed E-state index contributed by atoms with van der Waals surface area (Å²) in [6.45, 7) is 1.47. The normalized spacial score (nSPS) is 12.8. The molecule has 0 atom stereocenters. The minimum atomic E-state index is -0.498. The summed E-state index contributed by atoms with van der Waals surface area (Å²) in [5, 5.41) is 9.12. The summed E-state index contributed by atoms with van der Waals surface area (Å²) < 4.78 is 4.67. The maximum absolute atomic E-state index is 11.5. The Balaban J connectivity index is 2.51. The Morgan fingerprint density at radius 3 is 2.88 bits per heavy atom. The van der Waals surface area contributed by atoms with E-state index in [4.69, 9.17) is 5.26 Å². The molecule has 0 N–H and O–H groups in total. The molecule has 4 heteroatoms. The van der Waals surface area contributed by atoms with E-state index in [1.807, 2.05) is 25.1 Å². The molecule has 2 rings (SSSR count). The van der Waals surface area contributed by atoms with Crippen molar-refractivity contribution in [2.75, 3.05) is 7.11 Å². The number of nitriles is 1. The van der Waals surface area contributed by atoms with Crippen LogP contribution < -0.4 is 5.46 Å². The third-order valence-corrected chi connectivity index (χ3v) is 2.73. The average Bonchev–Trinajstić information content (AvgIpc) is 2.65. The molecule has 1 aromatic rings. The van der Waals surface area contributed by atoms with Crippen LogP contribution >= 0.6 is 0 Å². The Morgan fingerprint density at radius 1 is 1.50 bits per heavy atom. The molecule has 0 spiro atoms. The fourth-order valence-electron chi connectivity index (χ4n) is 1.93. The van der Waals surface area contributed by atoms with Gasteiger partial charge in [-0.25, -0.2) is 10.1 Å². The number of carbonyl (C=O) groups excluding carboxylic acids is 1. The summed E-state index contributed by atoms with van der Waals surface area (Å²) in [5.74, 6) is 1.71.